The number of aromatic nitrogens is 6. The van der Waals surface area contributed by atoms with Gasteiger partial charge in [-0.3, -0.25) is 9.13 Å². The van der Waals surface area contributed by atoms with Gasteiger partial charge in [0.1, 0.15) is 34.0 Å². The lowest BCUT2D eigenvalue weighted by atomic mass is 9.85. The van der Waals surface area contributed by atoms with Gasteiger partial charge in [0.2, 0.25) is 0 Å². The first kappa shape index (κ1) is 55.7. The number of fused-ring (bicyclic) bond motifs is 16. The second-order valence-corrected chi connectivity index (χ2v) is 26.0. The molecule has 0 aliphatic heterocycles. The zero-order chi connectivity index (χ0) is 65.5. The Morgan fingerprint density at radius 3 is 0.920 bits per heavy atom. The minimum Gasteiger partial charge on any atom is -0.455 e. The average molecular weight is 1280 g/mol. The molecule has 0 saturated carbocycles. The molecule has 0 aliphatic rings. The molecular weight excluding hydrogens is 1220 g/mol. The molecule has 6 aromatic heterocycles. The second-order valence-electron chi connectivity index (χ2n) is 26.0. The molecule has 0 N–H and O–H groups in total. The fourth-order valence-electron chi connectivity index (χ4n) is 15.9. The maximum atomic E-state index is 6.73. The first-order valence-corrected chi connectivity index (χ1v) is 33.9. The summed E-state index contributed by atoms with van der Waals surface area (Å²) in [7, 11) is 0. The number of hydrogen-bond donors (Lipinski definition) is 0. The molecule has 0 fully saturated rings. The molecule has 0 unspecified atom stereocenters. The monoisotopic (exact) mass is 1280 g/mol. The first-order valence-electron chi connectivity index (χ1n) is 33.9. The van der Waals surface area contributed by atoms with E-state index in [1.54, 1.807) is 0 Å². The van der Waals surface area contributed by atoms with Crippen LogP contribution in [0.2, 0.25) is 0 Å². The summed E-state index contributed by atoms with van der Waals surface area (Å²) in [6, 6.07) is 122. The van der Waals surface area contributed by atoms with Gasteiger partial charge in [-0.1, -0.05) is 206 Å². The van der Waals surface area contributed by atoms with Gasteiger partial charge in [0.05, 0.1) is 54.9 Å². The van der Waals surface area contributed by atoms with Gasteiger partial charge in [0, 0.05) is 66.2 Å². The minimum atomic E-state index is 0.880. The van der Waals surface area contributed by atoms with Crippen LogP contribution >= 0.6 is 0 Å². The van der Waals surface area contributed by atoms with Gasteiger partial charge in [-0.15, -0.1) is 0 Å². The summed E-state index contributed by atoms with van der Waals surface area (Å²) in [5.41, 5.74) is 26.9. The van der Waals surface area contributed by atoms with Gasteiger partial charge in [0.25, 0.3) is 0 Å². The number of imidazole rings is 2. The van der Waals surface area contributed by atoms with Gasteiger partial charge < -0.3 is 18.0 Å². The van der Waals surface area contributed by atoms with Crippen molar-refractivity contribution >= 4 is 110 Å². The zero-order valence-electron chi connectivity index (χ0n) is 53.8. The Balaban J connectivity index is 0.768. The van der Waals surface area contributed by atoms with E-state index in [1.807, 2.05) is 12.1 Å². The van der Waals surface area contributed by atoms with Gasteiger partial charge in [-0.05, 0) is 178 Å². The fourth-order valence-corrected chi connectivity index (χ4v) is 15.9. The highest BCUT2D eigenvalue weighted by molar-refractivity contribution is 6.25. The molecule has 21 rings (SSSR count). The quantitative estimate of drug-likeness (QED) is 0.137. The Morgan fingerprint density at radius 2 is 0.520 bits per heavy atom. The lowest BCUT2D eigenvalue weighted by molar-refractivity contribution is 0.672. The number of para-hydroxylation sites is 10. The molecule has 8 heteroatoms. The molecule has 21 aromatic rings. The van der Waals surface area contributed by atoms with E-state index in [9.17, 15) is 0 Å². The van der Waals surface area contributed by atoms with Crippen molar-refractivity contribution in [2.75, 3.05) is 0 Å². The largest absolute Gasteiger partial charge is 0.455 e. The maximum Gasteiger partial charge on any atom is 0.145 e. The summed E-state index contributed by atoms with van der Waals surface area (Å²) in [4.78, 5) is 10.6. The van der Waals surface area contributed by atoms with Crippen molar-refractivity contribution in [2.45, 2.75) is 0 Å². The maximum absolute atomic E-state index is 6.73. The molecule has 100 heavy (non-hydrogen) atoms. The molecule has 0 aliphatic carbocycles. The van der Waals surface area contributed by atoms with E-state index in [1.165, 1.54) is 0 Å². The van der Waals surface area contributed by atoms with Crippen LogP contribution in [0.1, 0.15) is 0 Å². The van der Waals surface area contributed by atoms with Crippen LogP contribution in [0.3, 0.4) is 0 Å². The lowest BCUT2D eigenvalue weighted by Gasteiger charge is -2.20. The molecule has 0 atom stereocenters. The van der Waals surface area contributed by atoms with E-state index in [-0.39, 0.29) is 0 Å². The summed E-state index contributed by atoms with van der Waals surface area (Å²) in [5, 5.41) is 8.96. The standard InChI is InChI=1S/C92H56N6O2/c1-3-19-63(20-4-1)97-81-31-15-11-27-77(81)93-91(97)61-39-35-57(36-40-61)73-55-76(60-45-49-66(50-46-60)96-80-30-14-8-26-72(80)88-84(96)54-52-70-68-24-10-18-34-86(68)100-90(70)88)74(58-37-41-62(42-38-58)92-94-78-28-12-16-32-82(78)98(92)64-21-5-2-6-22-64)56-75(73)59-43-47-65(48-44-59)95-79-29-13-7-25-71(79)87-83(95)53-51-69-67-23-9-17-33-85(67)99-89(69)87/h1-56H. The Kier molecular flexibility index (Phi) is 12.2. The van der Waals surface area contributed by atoms with E-state index in [4.69, 9.17) is 18.8 Å². The van der Waals surface area contributed by atoms with Crippen LogP contribution in [0, 0.1) is 0 Å². The molecule has 0 amide bonds. The predicted octanol–water partition coefficient (Wildman–Crippen LogP) is 24.4. The number of rotatable bonds is 10. The van der Waals surface area contributed by atoms with Crippen LogP contribution in [0.4, 0.5) is 0 Å². The van der Waals surface area contributed by atoms with Crippen LogP contribution in [-0.4, -0.2) is 28.2 Å². The van der Waals surface area contributed by atoms with Crippen molar-refractivity contribution in [3.63, 3.8) is 0 Å². The van der Waals surface area contributed by atoms with Gasteiger partial charge in [-0.2, -0.15) is 0 Å². The van der Waals surface area contributed by atoms with Crippen molar-refractivity contribution in [3.8, 4) is 90.0 Å². The number of benzene rings is 15. The minimum absolute atomic E-state index is 0.880. The molecule has 6 heterocycles. The van der Waals surface area contributed by atoms with E-state index in [2.05, 4.69) is 346 Å². The molecular formula is C92H56N6O2. The second kappa shape index (κ2) is 22.0. The van der Waals surface area contributed by atoms with E-state index >= 15 is 0 Å². The molecule has 0 bridgehead atoms. The summed E-state index contributed by atoms with van der Waals surface area (Å²) in [6.07, 6.45) is 0. The Labute approximate surface area is 573 Å². The van der Waals surface area contributed by atoms with Crippen molar-refractivity contribution in [2.24, 2.45) is 0 Å². The molecule has 0 spiro atoms. The van der Waals surface area contributed by atoms with Crippen LogP contribution < -0.4 is 0 Å². The fraction of sp³-hybridized carbons (Fsp3) is 0. The predicted molar refractivity (Wildman–Crippen MR) is 412 cm³/mol. The summed E-state index contributed by atoms with van der Waals surface area (Å²) in [5.74, 6) is 1.76. The van der Waals surface area contributed by atoms with E-state index in [0.717, 1.165) is 200 Å². The third kappa shape index (κ3) is 8.54. The number of nitrogens with zero attached hydrogens (tertiary/aromatic N) is 6. The molecule has 466 valence electrons. The third-order valence-electron chi connectivity index (χ3n) is 20.4. The van der Waals surface area contributed by atoms with Crippen LogP contribution in [0.25, 0.3) is 200 Å². The van der Waals surface area contributed by atoms with Crippen LogP contribution in [-0.2, 0) is 0 Å². The summed E-state index contributed by atoms with van der Waals surface area (Å²) in [6.45, 7) is 0. The third-order valence-corrected chi connectivity index (χ3v) is 20.4. The SMILES string of the molecule is c1ccc(-n2c(-c3ccc(-c4cc(-c5ccc(-n6c7ccccc7c7c8oc9ccccc9c8ccc76)cc5)c(-c5ccc(-c6nc7ccccc7n6-c6ccccc6)cc5)cc4-c4ccc(-n5c6ccccc6c6c7oc8ccccc8c7ccc65)cc4)cc3)nc3ccccc32)cc1. The van der Waals surface area contributed by atoms with E-state index in [0.29, 0.717) is 0 Å². The average Bonchev–Trinajstić information content (AvgIpc) is 1.50. The van der Waals surface area contributed by atoms with Crippen LogP contribution in [0.15, 0.2) is 349 Å². The Bertz CT molecular complexity index is 6430. The van der Waals surface area contributed by atoms with Crippen LogP contribution in [0.5, 0.6) is 0 Å². The van der Waals surface area contributed by atoms with Crippen molar-refractivity contribution in [1.82, 2.24) is 28.2 Å². The highest BCUT2D eigenvalue weighted by Crippen LogP contribution is 2.47. The molecule has 15 aromatic carbocycles. The normalized spacial score (nSPS) is 12.0. The highest BCUT2D eigenvalue weighted by atomic mass is 16.3. The lowest BCUT2D eigenvalue weighted by Crippen LogP contribution is -1.98. The van der Waals surface area contributed by atoms with Crippen molar-refractivity contribution in [1.29, 1.82) is 0 Å². The smallest absolute Gasteiger partial charge is 0.145 e. The Hall–Kier alpha value is -13.6. The van der Waals surface area contributed by atoms with Crippen molar-refractivity contribution in [3.05, 3.63) is 340 Å². The summed E-state index contributed by atoms with van der Waals surface area (Å²) < 4.78 is 22.8. The number of furan rings is 2. The molecule has 0 saturated heterocycles. The summed E-state index contributed by atoms with van der Waals surface area (Å²) >= 11 is 0. The Morgan fingerprint density at radius 1 is 0.210 bits per heavy atom. The number of hydrogen-bond acceptors (Lipinski definition) is 4. The first-order chi connectivity index (χ1) is 49.6. The zero-order valence-corrected chi connectivity index (χ0v) is 53.8. The van der Waals surface area contributed by atoms with Crippen molar-refractivity contribution < 1.29 is 8.83 Å². The molecule has 8 nitrogen and oxygen atoms in total. The van der Waals surface area contributed by atoms with Gasteiger partial charge in [-0.25, -0.2) is 9.97 Å². The van der Waals surface area contributed by atoms with E-state index < -0.39 is 0 Å². The molecule has 0 radical (unpaired) electrons. The topological polar surface area (TPSA) is 71.8 Å². The van der Waals surface area contributed by atoms with Gasteiger partial charge in [0.15, 0.2) is 0 Å². The van der Waals surface area contributed by atoms with Gasteiger partial charge >= 0.3 is 0 Å². The highest BCUT2D eigenvalue weighted by Gasteiger charge is 2.25.